The number of aromatic nitrogens is 1. The topological polar surface area (TPSA) is 39.1 Å². The first kappa shape index (κ1) is 13.6. The molecule has 0 radical (unpaired) electrons. The van der Waals surface area contributed by atoms with E-state index in [1.54, 1.807) is 13.2 Å². The van der Waals surface area contributed by atoms with Crippen LogP contribution in [0.25, 0.3) is 0 Å². The van der Waals surface area contributed by atoms with Gasteiger partial charge in [-0.15, -0.1) is 0 Å². The molecule has 0 aromatic carbocycles. The average Bonchev–Trinajstić information content (AvgIpc) is 2.08. The van der Waals surface area contributed by atoms with Crippen molar-refractivity contribution in [1.82, 2.24) is 4.57 Å². The van der Waals surface area contributed by atoms with Gasteiger partial charge in [-0.2, -0.15) is 0 Å². The summed E-state index contributed by atoms with van der Waals surface area (Å²) in [6, 6.07) is 1.28. The van der Waals surface area contributed by atoms with Gasteiger partial charge in [0.1, 0.15) is 0 Å². The largest absolute Gasteiger partial charge is 0.317 e. The Morgan fingerprint density at radius 3 is 2.40 bits per heavy atom. The van der Waals surface area contributed by atoms with Crippen molar-refractivity contribution in [3.8, 4) is 0 Å². The van der Waals surface area contributed by atoms with Crippen molar-refractivity contribution in [1.29, 1.82) is 0 Å². The van der Waals surface area contributed by atoms with Crippen LogP contribution in [0.2, 0.25) is 0 Å². The van der Waals surface area contributed by atoms with Crippen LogP contribution in [-0.2, 0) is 7.05 Å². The molecule has 1 aromatic rings. The predicted molar refractivity (Wildman–Crippen MR) is 73.2 cm³/mol. The number of aryl methyl sites for hydroxylation is 1. The fourth-order valence-electron chi connectivity index (χ4n) is 0.924. The van der Waals surface area contributed by atoms with Crippen molar-refractivity contribution in [3.63, 3.8) is 0 Å². The molecule has 0 unspecified atom stereocenters. The van der Waals surface area contributed by atoms with E-state index in [0.717, 1.165) is 0 Å². The second-order valence-corrected chi connectivity index (χ2v) is 10.4. The summed E-state index contributed by atoms with van der Waals surface area (Å²) in [5.74, 6) is -0.285. The van der Waals surface area contributed by atoms with Crippen LogP contribution in [-0.4, -0.2) is 12.5 Å². The summed E-state index contributed by atoms with van der Waals surface area (Å²) in [5, 5.41) is 0. The number of hydrogen-bond acceptors (Lipinski definition) is 2. The van der Waals surface area contributed by atoms with Gasteiger partial charge in [0.25, 0.3) is 5.56 Å². The predicted octanol–water partition coefficient (Wildman–Crippen LogP) is 3.17. The molecule has 0 saturated heterocycles. The Kier molecular flexibility index (Phi) is 4.36. The Bertz CT molecular complexity index is 461. The van der Waals surface area contributed by atoms with Crippen LogP contribution in [0.5, 0.6) is 0 Å². The lowest BCUT2D eigenvalue weighted by molar-refractivity contribution is 0.101. The highest BCUT2D eigenvalue weighted by molar-refractivity contribution is 9.40. The Morgan fingerprint density at radius 1 is 1.40 bits per heavy atom. The number of carbonyl (C=O) groups excluding carboxylic acids is 1. The Morgan fingerprint density at radius 2 is 1.93 bits per heavy atom. The highest BCUT2D eigenvalue weighted by Crippen LogP contribution is 2.38. The Labute approximate surface area is 120 Å². The lowest BCUT2D eigenvalue weighted by atomic mass is 10.2. The zero-order valence-electron chi connectivity index (χ0n) is 7.43. The Hall–Kier alpha value is 0.540. The molecule has 0 spiro atoms. The van der Waals surface area contributed by atoms with Gasteiger partial charge < -0.3 is 4.57 Å². The molecule has 0 aliphatic rings. The van der Waals surface area contributed by atoms with Crippen LogP contribution in [0, 0.1) is 0 Å². The minimum Gasteiger partial charge on any atom is -0.317 e. The number of Topliss-reactive ketones (excluding diaryl/α,β-unsaturated/α-hetero) is 1. The molecule has 0 saturated carbocycles. The van der Waals surface area contributed by atoms with Crippen LogP contribution in [0.15, 0.2) is 21.5 Å². The number of rotatable bonds is 1. The van der Waals surface area contributed by atoms with E-state index in [2.05, 4.69) is 63.7 Å². The average molecular weight is 467 g/mol. The van der Waals surface area contributed by atoms with E-state index < -0.39 is 2.14 Å². The summed E-state index contributed by atoms with van der Waals surface area (Å²) in [7, 11) is 1.62. The third-order valence-electron chi connectivity index (χ3n) is 1.68. The third-order valence-corrected chi connectivity index (χ3v) is 3.39. The molecule has 0 aliphatic carbocycles. The summed E-state index contributed by atoms with van der Waals surface area (Å²) < 4.78 is 0.915. The van der Waals surface area contributed by atoms with E-state index in [-0.39, 0.29) is 11.3 Å². The van der Waals surface area contributed by atoms with Crippen molar-refractivity contribution in [2.24, 2.45) is 7.05 Å². The van der Waals surface area contributed by atoms with Gasteiger partial charge in [0, 0.05) is 29.3 Å². The van der Waals surface area contributed by atoms with E-state index >= 15 is 0 Å². The smallest absolute Gasteiger partial charge is 0.251 e. The molecule has 1 heterocycles. The number of hydrogen-bond donors (Lipinski definition) is 0. The number of ketones is 1. The Balaban J connectivity index is 3.34. The van der Waals surface area contributed by atoms with Gasteiger partial charge in [0.15, 0.2) is 2.14 Å². The first-order valence-electron chi connectivity index (χ1n) is 3.71. The van der Waals surface area contributed by atoms with Crippen LogP contribution in [0.3, 0.4) is 0 Å². The van der Waals surface area contributed by atoms with Gasteiger partial charge in [-0.25, -0.2) is 0 Å². The first-order valence-corrected chi connectivity index (χ1v) is 6.88. The monoisotopic (exact) mass is 463 g/mol. The number of alkyl halides is 3. The SMILES string of the molecule is Cn1cc(Br)c(C(=O)C(Br)(Br)Br)cc1=O. The number of pyridine rings is 1. The molecule has 82 valence electrons. The van der Waals surface area contributed by atoms with Gasteiger partial charge in [0.2, 0.25) is 5.78 Å². The lowest BCUT2D eigenvalue weighted by Gasteiger charge is -2.12. The van der Waals surface area contributed by atoms with E-state index in [4.69, 9.17) is 0 Å². The minimum absolute atomic E-state index is 0.238. The molecule has 15 heavy (non-hydrogen) atoms. The molecule has 3 nitrogen and oxygen atoms in total. The van der Waals surface area contributed by atoms with Crippen LogP contribution in [0.4, 0.5) is 0 Å². The number of halogens is 4. The maximum atomic E-state index is 11.8. The van der Waals surface area contributed by atoms with E-state index in [0.29, 0.717) is 10.0 Å². The van der Waals surface area contributed by atoms with E-state index in [9.17, 15) is 9.59 Å². The van der Waals surface area contributed by atoms with Crippen LogP contribution >= 0.6 is 63.7 Å². The van der Waals surface area contributed by atoms with Gasteiger partial charge in [0.05, 0.1) is 0 Å². The van der Waals surface area contributed by atoms with Crippen molar-refractivity contribution >= 4 is 69.5 Å². The normalized spacial score (nSPS) is 11.5. The third kappa shape index (κ3) is 3.25. The first-order chi connectivity index (χ1) is 6.73. The van der Waals surface area contributed by atoms with E-state index in [1.807, 2.05) is 0 Å². The van der Waals surface area contributed by atoms with E-state index in [1.165, 1.54) is 10.6 Å². The molecular weight excluding hydrogens is 462 g/mol. The van der Waals surface area contributed by atoms with Gasteiger partial charge in [-0.3, -0.25) is 9.59 Å². The zero-order chi connectivity index (χ0) is 11.8. The fraction of sp³-hybridized carbons (Fsp3) is 0.250. The molecule has 0 bridgehead atoms. The molecule has 0 atom stereocenters. The van der Waals surface area contributed by atoms with Gasteiger partial charge in [-0.1, -0.05) is 47.8 Å². The summed E-state index contributed by atoms with van der Waals surface area (Å²) in [5.41, 5.74) is 0.0713. The fourth-order valence-corrected chi connectivity index (χ4v) is 2.17. The molecule has 0 amide bonds. The number of carbonyl (C=O) groups is 1. The van der Waals surface area contributed by atoms with Crippen LogP contribution in [0.1, 0.15) is 10.4 Å². The summed E-state index contributed by atoms with van der Waals surface area (Å²) in [6.45, 7) is 0. The summed E-state index contributed by atoms with van der Waals surface area (Å²) in [4.78, 5) is 23.2. The van der Waals surface area contributed by atoms with Crippen molar-refractivity contribution < 1.29 is 4.79 Å². The highest BCUT2D eigenvalue weighted by Gasteiger charge is 2.31. The molecular formula is C8H5Br4NO2. The maximum Gasteiger partial charge on any atom is 0.251 e. The molecule has 1 aromatic heterocycles. The van der Waals surface area contributed by atoms with Gasteiger partial charge in [-0.05, 0) is 15.9 Å². The maximum absolute atomic E-state index is 11.8. The summed E-state index contributed by atoms with van der Waals surface area (Å²) >= 11 is 12.6. The van der Waals surface area contributed by atoms with Crippen molar-refractivity contribution in [3.05, 3.63) is 32.7 Å². The number of nitrogens with zero attached hydrogens (tertiary/aromatic N) is 1. The molecule has 0 N–H and O–H groups in total. The van der Waals surface area contributed by atoms with Crippen molar-refractivity contribution in [2.75, 3.05) is 0 Å². The van der Waals surface area contributed by atoms with Crippen LogP contribution < -0.4 is 5.56 Å². The zero-order valence-corrected chi connectivity index (χ0v) is 13.8. The molecule has 0 aliphatic heterocycles. The standard InChI is InChI=1S/C8H5Br4NO2/c1-13-3-5(9)4(2-6(13)14)7(15)8(10,11)12/h2-3H,1H3. The molecule has 0 fully saturated rings. The minimum atomic E-state index is -1.04. The second kappa shape index (κ2) is 4.81. The highest BCUT2D eigenvalue weighted by atomic mass is 80.0. The molecule has 7 heteroatoms. The molecule has 1 rings (SSSR count). The lowest BCUT2D eigenvalue weighted by Crippen LogP contribution is -2.23. The van der Waals surface area contributed by atoms with Crippen molar-refractivity contribution in [2.45, 2.75) is 2.14 Å². The second-order valence-electron chi connectivity index (χ2n) is 2.81. The summed E-state index contributed by atoms with van der Waals surface area (Å²) in [6.07, 6.45) is 1.55. The van der Waals surface area contributed by atoms with Gasteiger partial charge >= 0.3 is 0 Å². The quantitative estimate of drug-likeness (QED) is 0.471.